The number of hydrogen-bond donors (Lipinski definition) is 2. The third kappa shape index (κ3) is 3.17. The van der Waals surface area contributed by atoms with E-state index in [1.807, 2.05) is 0 Å². The van der Waals surface area contributed by atoms with E-state index in [-0.39, 0.29) is 21.3 Å². The van der Waals surface area contributed by atoms with E-state index in [0.29, 0.717) is 5.69 Å². The van der Waals surface area contributed by atoms with E-state index in [1.54, 1.807) is 20.0 Å². The zero-order valence-electron chi connectivity index (χ0n) is 11.2. The lowest BCUT2D eigenvalue weighted by Gasteiger charge is -2.10. The molecule has 0 unspecified atom stereocenters. The molecule has 0 spiro atoms. The lowest BCUT2D eigenvalue weighted by atomic mass is 10.2. The Kier molecular flexibility index (Phi) is 3.93. The maximum atomic E-state index is 12.3. The number of carboxylic acids is 1. The monoisotopic (exact) mass is 329 g/mol. The molecule has 7 nitrogen and oxygen atoms in total. The molecular formula is C12H12ClN3O4S. The summed E-state index contributed by atoms with van der Waals surface area (Å²) in [5, 5.41) is 12.9. The minimum absolute atomic E-state index is 0.0635. The number of halogens is 1. The summed E-state index contributed by atoms with van der Waals surface area (Å²) >= 11 is 5.86. The quantitative estimate of drug-likeness (QED) is 0.891. The maximum absolute atomic E-state index is 12.3. The number of nitrogens with zero attached hydrogens (tertiary/aromatic N) is 2. The van der Waals surface area contributed by atoms with Crippen molar-refractivity contribution in [2.24, 2.45) is 7.05 Å². The van der Waals surface area contributed by atoms with Gasteiger partial charge in [0.05, 0.1) is 16.3 Å². The largest absolute Gasteiger partial charge is 0.478 e. The molecule has 112 valence electrons. The molecule has 9 heteroatoms. The first kappa shape index (κ1) is 15.3. The summed E-state index contributed by atoms with van der Waals surface area (Å²) in [6, 6.07) is 5.02. The van der Waals surface area contributed by atoms with Crippen LogP contribution in [-0.4, -0.2) is 29.3 Å². The predicted octanol–water partition coefficient (Wildman–Crippen LogP) is 1.88. The van der Waals surface area contributed by atoms with E-state index < -0.39 is 16.0 Å². The summed E-state index contributed by atoms with van der Waals surface area (Å²) in [5.74, 6) is -0.983. The third-order valence-electron chi connectivity index (χ3n) is 2.71. The van der Waals surface area contributed by atoms with Gasteiger partial charge in [0.2, 0.25) is 0 Å². The second-order valence-corrected chi connectivity index (χ2v) is 6.41. The zero-order chi connectivity index (χ0) is 15.8. The van der Waals surface area contributed by atoms with Gasteiger partial charge in [-0.05, 0) is 25.1 Å². The summed E-state index contributed by atoms with van der Waals surface area (Å²) in [6.45, 7) is 1.72. The number of sulfonamides is 1. The second-order valence-electron chi connectivity index (χ2n) is 4.35. The van der Waals surface area contributed by atoms with Gasteiger partial charge in [-0.15, -0.1) is 0 Å². The van der Waals surface area contributed by atoms with Gasteiger partial charge in [0, 0.05) is 13.1 Å². The topological polar surface area (TPSA) is 101 Å². The molecule has 0 bridgehead atoms. The van der Waals surface area contributed by atoms with E-state index in [0.717, 1.165) is 6.07 Å². The fourth-order valence-electron chi connectivity index (χ4n) is 1.74. The Morgan fingerprint density at radius 1 is 1.38 bits per heavy atom. The van der Waals surface area contributed by atoms with E-state index in [2.05, 4.69) is 9.82 Å². The summed E-state index contributed by atoms with van der Waals surface area (Å²) < 4.78 is 28.3. The van der Waals surface area contributed by atoms with Crippen molar-refractivity contribution in [3.8, 4) is 0 Å². The van der Waals surface area contributed by atoms with Crippen LogP contribution in [0.1, 0.15) is 16.1 Å². The molecule has 0 fully saturated rings. The molecule has 0 radical (unpaired) electrons. The van der Waals surface area contributed by atoms with Gasteiger partial charge in [0.1, 0.15) is 10.7 Å². The first-order valence-corrected chi connectivity index (χ1v) is 7.63. The number of hydrogen-bond acceptors (Lipinski definition) is 4. The highest BCUT2D eigenvalue weighted by atomic mass is 35.5. The Morgan fingerprint density at radius 2 is 2.05 bits per heavy atom. The lowest BCUT2D eigenvalue weighted by Crippen LogP contribution is -2.16. The van der Waals surface area contributed by atoms with Crippen LogP contribution in [0.5, 0.6) is 0 Å². The molecule has 1 heterocycles. The molecule has 2 aromatic rings. The average molecular weight is 330 g/mol. The van der Waals surface area contributed by atoms with Crippen LogP contribution < -0.4 is 4.72 Å². The van der Waals surface area contributed by atoms with Crippen molar-refractivity contribution >= 4 is 33.4 Å². The van der Waals surface area contributed by atoms with Crippen LogP contribution in [0, 0.1) is 6.92 Å². The zero-order valence-corrected chi connectivity index (χ0v) is 12.7. The number of carbonyl (C=O) groups is 1. The Morgan fingerprint density at radius 3 is 2.57 bits per heavy atom. The number of aromatic carboxylic acids is 1. The number of benzene rings is 1. The van der Waals surface area contributed by atoms with Gasteiger partial charge in [-0.2, -0.15) is 5.10 Å². The number of carboxylic acid groups (broad SMARTS) is 1. The predicted molar refractivity (Wildman–Crippen MR) is 77.2 cm³/mol. The molecular weight excluding hydrogens is 318 g/mol. The number of anilines is 1. The van der Waals surface area contributed by atoms with Crippen molar-refractivity contribution in [2.45, 2.75) is 11.8 Å². The van der Waals surface area contributed by atoms with Crippen LogP contribution in [0.15, 0.2) is 29.2 Å². The van der Waals surface area contributed by atoms with E-state index in [4.69, 9.17) is 16.7 Å². The van der Waals surface area contributed by atoms with Gasteiger partial charge < -0.3 is 5.11 Å². The number of aryl methyl sites for hydroxylation is 2. The number of rotatable bonds is 4. The smallest absolute Gasteiger partial charge is 0.335 e. The van der Waals surface area contributed by atoms with E-state index >= 15 is 0 Å². The van der Waals surface area contributed by atoms with Gasteiger partial charge in [0.25, 0.3) is 10.0 Å². The van der Waals surface area contributed by atoms with Gasteiger partial charge in [-0.3, -0.25) is 9.40 Å². The molecule has 21 heavy (non-hydrogen) atoms. The molecule has 1 aromatic carbocycles. The first-order chi connectivity index (χ1) is 9.70. The van der Waals surface area contributed by atoms with Crippen LogP contribution in [-0.2, 0) is 17.1 Å². The lowest BCUT2D eigenvalue weighted by molar-refractivity contribution is 0.0696. The molecule has 0 aliphatic carbocycles. The molecule has 2 N–H and O–H groups in total. The van der Waals surface area contributed by atoms with Crippen molar-refractivity contribution in [2.75, 3.05) is 4.72 Å². The highest BCUT2D eigenvalue weighted by Gasteiger charge is 2.21. The normalized spacial score (nSPS) is 11.4. The van der Waals surface area contributed by atoms with Crippen LogP contribution in [0.2, 0.25) is 5.02 Å². The fourth-order valence-corrected chi connectivity index (χ4v) is 3.35. The fraction of sp³-hybridized carbons (Fsp3) is 0.167. The van der Waals surface area contributed by atoms with Gasteiger partial charge >= 0.3 is 5.97 Å². The molecule has 1 aromatic heterocycles. The third-order valence-corrected chi connectivity index (χ3v) is 4.54. The Hall–Kier alpha value is -2.06. The summed E-state index contributed by atoms with van der Waals surface area (Å²) in [6.07, 6.45) is 0. The van der Waals surface area contributed by atoms with Crippen LogP contribution >= 0.6 is 11.6 Å². The van der Waals surface area contributed by atoms with Crippen molar-refractivity contribution in [3.05, 3.63) is 40.5 Å². The van der Waals surface area contributed by atoms with Gasteiger partial charge in [0.15, 0.2) is 0 Å². The molecule has 0 saturated heterocycles. The summed E-state index contributed by atoms with van der Waals surface area (Å²) in [7, 11) is -2.43. The van der Waals surface area contributed by atoms with Crippen molar-refractivity contribution in [3.63, 3.8) is 0 Å². The van der Waals surface area contributed by atoms with Crippen LogP contribution in [0.4, 0.5) is 5.82 Å². The van der Waals surface area contributed by atoms with Crippen LogP contribution in [0.25, 0.3) is 0 Å². The Balaban J connectivity index is 2.46. The molecule has 0 saturated carbocycles. The van der Waals surface area contributed by atoms with Crippen molar-refractivity contribution in [1.29, 1.82) is 0 Å². The molecule has 0 atom stereocenters. The maximum Gasteiger partial charge on any atom is 0.335 e. The highest BCUT2D eigenvalue weighted by Crippen LogP contribution is 2.25. The van der Waals surface area contributed by atoms with E-state index in [1.165, 1.54) is 16.8 Å². The summed E-state index contributed by atoms with van der Waals surface area (Å²) in [4.78, 5) is 10.6. The SMILES string of the molecule is Cc1cc(NS(=O)(=O)c2cc(C(=O)O)ccc2Cl)n(C)n1. The molecule has 0 aliphatic heterocycles. The van der Waals surface area contributed by atoms with Crippen molar-refractivity contribution < 1.29 is 18.3 Å². The average Bonchev–Trinajstić information content (AvgIpc) is 2.67. The summed E-state index contributed by atoms with van der Waals surface area (Å²) in [5.41, 5.74) is 0.474. The number of aromatic nitrogens is 2. The Labute approximate surface area is 126 Å². The highest BCUT2D eigenvalue weighted by molar-refractivity contribution is 7.92. The minimum atomic E-state index is -4.02. The Bertz CT molecular complexity index is 814. The number of nitrogens with one attached hydrogen (secondary N) is 1. The van der Waals surface area contributed by atoms with Crippen LogP contribution in [0.3, 0.4) is 0 Å². The van der Waals surface area contributed by atoms with Gasteiger partial charge in [-0.1, -0.05) is 11.6 Å². The second kappa shape index (κ2) is 5.38. The molecule has 2 rings (SSSR count). The first-order valence-electron chi connectivity index (χ1n) is 5.77. The molecule has 0 amide bonds. The standard InChI is InChI=1S/C12H12ClN3O4S/c1-7-5-11(16(2)14-7)15-21(19,20)10-6-8(12(17)18)3-4-9(10)13/h3-6,15H,1-2H3,(H,17,18). The van der Waals surface area contributed by atoms with E-state index in [9.17, 15) is 13.2 Å². The van der Waals surface area contributed by atoms with Crippen molar-refractivity contribution in [1.82, 2.24) is 9.78 Å². The molecule has 0 aliphatic rings. The van der Waals surface area contributed by atoms with Gasteiger partial charge in [-0.25, -0.2) is 13.2 Å². The minimum Gasteiger partial charge on any atom is -0.478 e.